The van der Waals surface area contributed by atoms with E-state index in [2.05, 4.69) is 5.10 Å². The number of hydrogen-bond donors (Lipinski definition) is 1. The summed E-state index contributed by atoms with van der Waals surface area (Å²) in [5.41, 5.74) is 1.60. The molecule has 1 aromatic carbocycles. The molecule has 1 saturated heterocycles. The minimum atomic E-state index is -0.952. The molecule has 2 aromatic rings. The first-order valence-corrected chi connectivity index (χ1v) is 9.33. The fraction of sp³-hybridized carbons (Fsp3) is 0.450. The van der Waals surface area contributed by atoms with Gasteiger partial charge in [-0.05, 0) is 61.9 Å². The van der Waals surface area contributed by atoms with E-state index in [0.29, 0.717) is 17.7 Å². The minimum absolute atomic E-state index is 0.0231. The van der Waals surface area contributed by atoms with Crippen LogP contribution in [0.4, 0.5) is 4.39 Å². The van der Waals surface area contributed by atoms with Gasteiger partial charge in [-0.15, -0.1) is 0 Å². The molecule has 1 amide bonds. The van der Waals surface area contributed by atoms with Crippen LogP contribution in [0, 0.1) is 18.7 Å². The second-order valence-corrected chi connectivity index (χ2v) is 7.49. The second-order valence-electron chi connectivity index (χ2n) is 7.49. The van der Waals surface area contributed by atoms with Crippen molar-refractivity contribution < 1.29 is 19.1 Å². The standard InChI is InChI=1S/C20H22FN3O3/c1-12-10-14(21)6-7-16(12)23-9-8-15(22-23)19(25)24-17-5-3-2-4-13(17)11-18(24)20(26)27/h6-10,13,17-18H,2-5,11H2,1H3,(H,26,27). The molecule has 1 aliphatic heterocycles. The van der Waals surface area contributed by atoms with E-state index in [4.69, 9.17) is 0 Å². The average molecular weight is 371 g/mol. The lowest BCUT2D eigenvalue weighted by molar-refractivity contribution is -0.141. The first-order valence-electron chi connectivity index (χ1n) is 9.33. The van der Waals surface area contributed by atoms with Gasteiger partial charge in [0.25, 0.3) is 5.91 Å². The molecule has 142 valence electrons. The van der Waals surface area contributed by atoms with Gasteiger partial charge in [0.15, 0.2) is 5.69 Å². The summed E-state index contributed by atoms with van der Waals surface area (Å²) in [6.07, 6.45) is 6.09. The van der Waals surface area contributed by atoms with Crippen molar-refractivity contribution in [2.24, 2.45) is 5.92 Å². The maximum absolute atomic E-state index is 13.3. The highest BCUT2D eigenvalue weighted by atomic mass is 19.1. The topological polar surface area (TPSA) is 75.4 Å². The Labute approximate surface area is 156 Å². The number of hydrogen-bond acceptors (Lipinski definition) is 3. The molecule has 3 atom stereocenters. The summed E-state index contributed by atoms with van der Waals surface area (Å²) < 4.78 is 14.9. The quantitative estimate of drug-likeness (QED) is 0.899. The zero-order valence-corrected chi connectivity index (χ0v) is 15.1. The number of carbonyl (C=O) groups is 2. The predicted octanol–water partition coefficient (Wildman–Crippen LogP) is 3.18. The Morgan fingerprint density at radius 1 is 1.22 bits per heavy atom. The van der Waals surface area contributed by atoms with Gasteiger partial charge in [0.2, 0.25) is 0 Å². The number of nitrogens with zero attached hydrogens (tertiary/aromatic N) is 3. The molecule has 1 aromatic heterocycles. The maximum Gasteiger partial charge on any atom is 0.326 e. The summed E-state index contributed by atoms with van der Waals surface area (Å²) in [4.78, 5) is 26.4. The molecule has 1 saturated carbocycles. The van der Waals surface area contributed by atoms with Crippen LogP contribution in [-0.4, -0.2) is 43.7 Å². The van der Waals surface area contributed by atoms with E-state index in [0.717, 1.165) is 25.7 Å². The van der Waals surface area contributed by atoms with Crippen molar-refractivity contribution in [1.29, 1.82) is 0 Å². The molecule has 0 radical (unpaired) electrons. The summed E-state index contributed by atoms with van der Waals surface area (Å²) in [5.74, 6) is -1.36. The SMILES string of the molecule is Cc1cc(F)ccc1-n1ccc(C(=O)N2C(C(=O)O)CC3CCCCC32)n1. The number of carboxylic acids is 1. The Hall–Kier alpha value is -2.70. The maximum atomic E-state index is 13.3. The molecule has 4 rings (SSSR count). The number of aliphatic carboxylic acids is 1. The number of likely N-dealkylation sites (tertiary alicyclic amines) is 1. The number of halogens is 1. The van der Waals surface area contributed by atoms with E-state index < -0.39 is 12.0 Å². The van der Waals surface area contributed by atoms with Gasteiger partial charge in [-0.25, -0.2) is 13.9 Å². The van der Waals surface area contributed by atoms with Crippen molar-refractivity contribution in [2.75, 3.05) is 0 Å². The zero-order valence-electron chi connectivity index (χ0n) is 15.1. The molecular formula is C20H22FN3O3. The molecular weight excluding hydrogens is 349 g/mol. The van der Waals surface area contributed by atoms with Crippen molar-refractivity contribution in [2.45, 2.75) is 51.1 Å². The molecule has 2 aliphatic rings. The van der Waals surface area contributed by atoms with Gasteiger partial charge in [0, 0.05) is 12.2 Å². The minimum Gasteiger partial charge on any atom is -0.480 e. The van der Waals surface area contributed by atoms with Crippen LogP contribution in [0.1, 0.15) is 48.2 Å². The van der Waals surface area contributed by atoms with E-state index in [1.807, 2.05) is 0 Å². The van der Waals surface area contributed by atoms with Gasteiger partial charge >= 0.3 is 5.97 Å². The smallest absolute Gasteiger partial charge is 0.326 e. The largest absolute Gasteiger partial charge is 0.480 e. The van der Waals surface area contributed by atoms with E-state index in [9.17, 15) is 19.1 Å². The Morgan fingerprint density at radius 2 is 2.00 bits per heavy atom. The normalized spacial score (nSPS) is 24.7. The highest BCUT2D eigenvalue weighted by Crippen LogP contribution is 2.40. The number of carboxylic acid groups (broad SMARTS) is 1. The first kappa shape index (κ1) is 17.7. The number of benzene rings is 1. The molecule has 1 N–H and O–H groups in total. The van der Waals surface area contributed by atoms with Crippen molar-refractivity contribution in [3.05, 3.63) is 47.5 Å². The van der Waals surface area contributed by atoms with Crippen LogP contribution in [0.25, 0.3) is 5.69 Å². The third-order valence-corrected chi connectivity index (χ3v) is 5.82. The first-order chi connectivity index (χ1) is 13.0. The molecule has 2 heterocycles. The molecule has 2 fully saturated rings. The average Bonchev–Trinajstić information content (AvgIpc) is 3.26. The van der Waals surface area contributed by atoms with Crippen LogP contribution in [-0.2, 0) is 4.79 Å². The molecule has 3 unspecified atom stereocenters. The van der Waals surface area contributed by atoms with Crippen LogP contribution in [0.3, 0.4) is 0 Å². The fourth-order valence-electron chi connectivity index (χ4n) is 4.55. The Balaban J connectivity index is 1.64. The number of rotatable bonds is 3. The lowest BCUT2D eigenvalue weighted by Gasteiger charge is -2.32. The van der Waals surface area contributed by atoms with Crippen molar-refractivity contribution in [3.63, 3.8) is 0 Å². The van der Waals surface area contributed by atoms with Crippen LogP contribution >= 0.6 is 0 Å². The van der Waals surface area contributed by atoms with Gasteiger partial charge in [-0.3, -0.25) is 4.79 Å². The monoisotopic (exact) mass is 371 g/mol. The van der Waals surface area contributed by atoms with E-state index in [-0.39, 0.29) is 29.4 Å². The third kappa shape index (κ3) is 3.11. The number of aryl methyl sites for hydroxylation is 1. The Morgan fingerprint density at radius 3 is 2.74 bits per heavy atom. The zero-order chi connectivity index (χ0) is 19.1. The van der Waals surface area contributed by atoms with E-state index >= 15 is 0 Å². The van der Waals surface area contributed by atoms with E-state index in [1.165, 1.54) is 21.7 Å². The number of fused-ring (bicyclic) bond motifs is 1. The van der Waals surface area contributed by atoms with Gasteiger partial charge in [-0.1, -0.05) is 12.8 Å². The molecule has 27 heavy (non-hydrogen) atoms. The van der Waals surface area contributed by atoms with Gasteiger partial charge in [0.05, 0.1) is 5.69 Å². The van der Waals surface area contributed by atoms with Gasteiger partial charge in [-0.2, -0.15) is 5.10 Å². The lowest BCUT2D eigenvalue weighted by Crippen LogP contribution is -2.46. The molecule has 0 bridgehead atoms. The predicted molar refractivity (Wildman–Crippen MR) is 96.2 cm³/mol. The van der Waals surface area contributed by atoms with Crippen molar-refractivity contribution in [3.8, 4) is 5.69 Å². The highest BCUT2D eigenvalue weighted by molar-refractivity contribution is 5.95. The second kappa shape index (κ2) is 6.79. The summed E-state index contributed by atoms with van der Waals surface area (Å²) in [7, 11) is 0. The van der Waals surface area contributed by atoms with Crippen molar-refractivity contribution >= 4 is 11.9 Å². The Kier molecular flexibility index (Phi) is 4.45. The van der Waals surface area contributed by atoms with Crippen LogP contribution < -0.4 is 0 Å². The van der Waals surface area contributed by atoms with Gasteiger partial charge in [0.1, 0.15) is 11.9 Å². The highest BCUT2D eigenvalue weighted by Gasteiger charge is 2.48. The number of aromatic nitrogens is 2. The summed E-state index contributed by atoms with van der Waals surface area (Å²) >= 11 is 0. The number of carbonyl (C=O) groups excluding carboxylic acids is 1. The summed E-state index contributed by atoms with van der Waals surface area (Å²) in [6.45, 7) is 1.77. The van der Waals surface area contributed by atoms with Crippen LogP contribution in [0.5, 0.6) is 0 Å². The lowest BCUT2D eigenvalue weighted by atomic mass is 9.84. The van der Waals surface area contributed by atoms with Crippen LogP contribution in [0.15, 0.2) is 30.5 Å². The fourth-order valence-corrected chi connectivity index (χ4v) is 4.55. The van der Waals surface area contributed by atoms with E-state index in [1.54, 1.807) is 25.3 Å². The summed E-state index contributed by atoms with van der Waals surface area (Å²) in [5, 5.41) is 14.0. The molecule has 1 aliphatic carbocycles. The van der Waals surface area contributed by atoms with Crippen molar-refractivity contribution in [1.82, 2.24) is 14.7 Å². The van der Waals surface area contributed by atoms with Crippen LogP contribution in [0.2, 0.25) is 0 Å². The summed E-state index contributed by atoms with van der Waals surface area (Å²) in [6, 6.07) is 5.15. The molecule has 6 nitrogen and oxygen atoms in total. The Bertz CT molecular complexity index is 894. The molecule has 7 heteroatoms. The third-order valence-electron chi connectivity index (χ3n) is 5.82. The number of amides is 1. The molecule has 0 spiro atoms. The van der Waals surface area contributed by atoms with Gasteiger partial charge < -0.3 is 10.0 Å².